The minimum Gasteiger partial charge on any atom is -0.354 e. The normalized spacial score (nSPS) is 26.1. The Morgan fingerprint density at radius 3 is 2.60 bits per heavy atom. The topological polar surface area (TPSA) is 70.2 Å². The van der Waals surface area contributed by atoms with E-state index in [-0.39, 0.29) is 23.1 Å². The molecule has 0 aromatic rings. The van der Waals surface area contributed by atoms with Crippen LogP contribution in [0.1, 0.15) is 45.4 Å². The lowest BCUT2D eigenvalue weighted by Crippen LogP contribution is -2.51. The molecule has 0 bridgehead atoms. The third-order valence-corrected chi connectivity index (χ3v) is 4.34. The Kier molecular flexibility index (Phi) is 5.40. The van der Waals surface area contributed by atoms with Gasteiger partial charge in [-0.15, -0.1) is 0 Å². The molecule has 20 heavy (non-hydrogen) atoms. The quantitative estimate of drug-likeness (QED) is 0.605. The summed E-state index contributed by atoms with van der Waals surface area (Å²) in [6.45, 7) is 4.98. The molecular weight excluding hydrogens is 254 g/mol. The maximum absolute atomic E-state index is 12.4. The number of piperidine rings is 1. The van der Waals surface area contributed by atoms with Crippen LogP contribution in [0.15, 0.2) is 0 Å². The molecule has 2 aliphatic rings. The number of amides is 2. The molecule has 5 nitrogen and oxygen atoms in total. The first-order valence-corrected chi connectivity index (χ1v) is 7.95. The highest BCUT2D eigenvalue weighted by molar-refractivity contribution is 5.83. The molecule has 2 amide bonds. The molecule has 1 aliphatic carbocycles. The van der Waals surface area contributed by atoms with Crippen LogP contribution in [0.3, 0.4) is 0 Å². The third kappa shape index (κ3) is 3.95. The maximum atomic E-state index is 12.4. The first-order chi connectivity index (χ1) is 9.68. The highest BCUT2D eigenvalue weighted by Crippen LogP contribution is 2.31. The largest absolute Gasteiger partial charge is 0.354 e. The van der Waals surface area contributed by atoms with Crippen molar-refractivity contribution in [1.82, 2.24) is 16.0 Å². The molecule has 114 valence electrons. The molecule has 5 heteroatoms. The number of hydrogen-bond acceptors (Lipinski definition) is 3. The van der Waals surface area contributed by atoms with Gasteiger partial charge in [0.05, 0.1) is 5.41 Å². The van der Waals surface area contributed by atoms with Crippen LogP contribution in [0.25, 0.3) is 0 Å². The molecule has 1 atom stereocenters. The summed E-state index contributed by atoms with van der Waals surface area (Å²) < 4.78 is 0. The molecule has 0 aromatic heterocycles. The van der Waals surface area contributed by atoms with Crippen molar-refractivity contribution < 1.29 is 9.59 Å². The van der Waals surface area contributed by atoms with Crippen molar-refractivity contribution >= 4 is 11.8 Å². The van der Waals surface area contributed by atoms with E-state index in [9.17, 15) is 9.59 Å². The van der Waals surface area contributed by atoms with Crippen molar-refractivity contribution in [3.8, 4) is 0 Å². The summed E-state index contributed by atoms with van der Waals surface area (Å²) in [5.74, 6) is 0.522. The Morgan fingerprint density at radius 2 is 2.00 bits per heavy atom. The zero-order chi connectivity index (χ0) is 14.4. The Bertz CT molecular complexity index is 342. The summed E-state index contributed by atoms with van der Waals surface area (Å²) in [5.41, 5.74) is -0.243. The molecule has 2 rings (SSSR count). The predicted molar refractivity (Wildman–Crippen MR) is 78.2 cm³/mol. The highest BCUT2D eigenvalue weighted by Gasteiger charge is 2.38. The average Bonchev–Trinajstić information content (AvgIpc) is 3.29. The molecule has 1 saturated heterocycles. The van der Waals surface area contributed by atoms with Crippen molar-refractivity contribution in [1.29, 1.82) is 0 Å². The molecule has 2 fully saturated rings. The van der Waals surface area contributed by atoms with E-state index in [0.717, 1.165) is 51.6 Å². The van der Waals surface area contributed by atoms with Gasteiger partial charge < -0.3 is 16.0 Å². The molecule has 0 radical (unpaired) electrons. The summed E-state index contributed by atoms with van der Waals surface area (Å²) in [4.78, 5) is 23.9. The van der Waals surface area contributed by atoms with Crippen molar-refractivity contribution in [2.45, 2.75) is 45.4 Å². The average molecular weight is 281 g/mol. The van der Waals surface area contributed by atoms with Crippen molar-refractivity contribution in [3.05, 3.63) is 0 Å². The number of carbonyl (C=O) groups is 2. The van der Waals surface area contributed by atoms with Gasteiger partial charge in [-0.05, 0) is 38.6 Å². The van der Waals surface area contributed by atoms with E-state index in [1.165, 1.54) is 0 Å². The monoisotopic (exact) mass is 281 g/mol. The van der Waals surface area contributed by atoms with E-state index in [0.29, 0.717) is 13.1 Å². The van der Waals surface area contributed by atoms with Gasteiger partial charge in [0.15, 0.2) is 0 Å². The fourth-order valence-corrected chi connectivity index (χ4v) is 3.01. The maximum Gasteiger partial charge on any atom is 0.227 e. The highest BCUT2D eigenvalue weighted by atomic mass is 16.2. The Hall–Kier alpha value is -1.10. The third-order valence-electron chi connectivity index (χ3n) is 4.34. The van der Waals surface area contributed by atoms with Gasteiger partial charge in [0, 0.05) is 25.6 Å². The molecule has 0 aromatic carbocycles. The zero-order valence-corrected chi connectivity index (χ0v) is 12.5. The molecule has 1 unspecified atom stereocenters. The molecule has 3 N–H and O–H groups in total. The van der Waals surface area contributed by atoms with E-state index in [1.54, 1.807) is 0 Å². The Morgan fingerprint density at radius 1 is 1.25 bits per heavy atom. The van der Waals surface area contributed by atoms with Crippen LogP contribution in [0.4, 0.5) is 0 Å². The fraction of sp³-hybridized carbons (Fsp3) is 0.867. The summed E-state index contributed by atoms with van der Waals surface area (Å²) in [5, 5.41) is 9.22. The van der Waals surface area contributed by atoms with E-state index in [2.05, 4.69) is 22.9 Å². The number of hydrogen-bond donors (Lipinski definition) is 3. The van der Waals surface area contributed by atoms with Gasteiger partial charge >= 0.3 is 0 Å². The molecule has 0 spiro atoms. The molecule has 1 saturated carbocycles. The summed E-state index contributed by atoms with van der Waals surface area (Å²) >= 11 is 0. The molecule has 1 heterocycles. The second-order valence-electron chi connectivity index (χ2n) is 6.13. The van der Waals surface area contributed by atoms with Gasteiger partial charge in [-0.1, -0.05) is 13.3 Å². The van der Waals surface area contributed by atoms with Crippen LogP contribution >= 0.6 is 0 Å². The van der Waals surface area contributed by atoms with E-state index < -0.39 is 0 Å². The molecular formula is C15H27N3O2. The van der Waals surface area contributed by atoms with Crippen LogP contribution in [0.2, 0.25) is 0 Å². The minimum atomic E-state index is -0.243. The van der Waals surface area contributed by atoms with Crippen molar-refractivity contribution in [2.75, 3.05) is 26.2 Å². The van der Waals surface area contributed by atoms with E-state index >= 15 is 0 Å². The van der Waals surface area contributed by atoms with E-state index in [4.69, 9.17) is 0 Å². The smallest absolute Gasteiger partial charge is 0.227 e. The van der Waals surface area contributed by atoms with Crippen molar-refractivity contribution in [3.63, 3.8) is 0 Å². The van der Waals surface area contributed by atoms with Crippen LogP contribution in [-0.2, 0) is 9.59 Å². The number of carbonyl (C=O) groups excluding carboxylic acids is 2. The number of rotatable bonds is 7. The lowest BCUT2D eigenvalue weighted by atomic mass is 9.76. The predicted octanol–water partition coefficient (Wildman–Crippen LogP) is 0.799. The lowest BCUT2D eigenvalue weighted by molar-refractivity contribution is -0.132. The fourth-order valence-electron chi connectivity index (χ4n) is 3.01. The SMILES string of the molecule is CCCC1(C(=O)NCCNC(=O)C2CC2)CCCNC1. The molecule has 1 aliphatic heterocycles. The number of nitrogens with one attached hydrogen (secondary N) is 3. The van der Waals surface area contributed by atoms with Crippen LogP contribution in [0.5, 0.6) is 0 Å². The van der Waals surface area contributed by atoms with E-state index in [1.807, 2.05) is 0 Å². The summed E-state index contributed by atoms with van der Waals surface area (Å²) in [6, 6.07) is 0. The van der Waals surface area contributed by atoms with Gasteiger partial charge in [-0.3, -0.25) is 9.59 Å². The van der Waals surface area contributed by atoms with Crippen LogP contribution < -0.4 is 16.0 Å². The van der Waals surface area contributed by atoms with Gasteiger partial charge in [0.2, 0.25) is 11.8 Å². The van der Waals surface area contributed by atoms with Crippen molar-refractivity contribution in [2.24, 2.45) is 11.3 Å². The first-order valence-electron chi connectivity index (χ1n) is 7.95. The van der Waals surface area contributed by atoms with Gasteiger partial charge in [0.25, 0.3) is 0 Å². The second-order valence-corrected chi connectivity index (χ2v) is 6.13. The van der Waals surface area contributed by atoms with Crippen LogP contribution in [0, 0.1) is 11.3 Å². The Balaban J connectivity index is 1.72. The first kappa shape index (κ1) is 15.3. The summed E-state index contributed by atoms with van der Waals surface area (Å²) in [7, 11) is 0. The van der Waals surface area contributed by atoms with Gasteiger partial charge in [0.1, 0.15) is 0 Å². The lowest BCUT2D eigenvalue weighted by Gasteiger charge is -2.36. The minimum absolute atomic E-state index is 0.141. The Labute approximate surface area is 121 Å². The standard InChI is InChI=1S/C15H27N3O2/c1-2-6-15(7-3-8-16-11-15)14(20)18-10-9-17-13(19)12-4-5-12/h12,16H,2-11H2,1H3,(H,17,19)(H,18,20). The van der Waals surface area contributed by atoms with Gasteiger partial charge in [-0.25, -0.2) is 0 Å². The zero-order valence-electron chi connectivity index (χ0n) is 12.5. The van der Waals surface area contributed by atoms with Gasteiger partial charge in [-0.2, -0.15) is 0 Å². The van der Waals surface area contributed by atoms with Crippen LogP contribution in [-0.4, -0.2) is 38.0 Å². The summed E-state index contributed by atoms with van der Waals surface area (Å²) in [6.07, 6.45) is 6.01. The second kappa shape index (κ2) is 7.07.